The van der Waals surface area contributed by atoms with Crippen LogP contribution in [0.15, 0.2) is 48.5 Å². The molecule has 0 fully saturated rings. The Balaban J connectivity index is 1.92. The zero-order valence-electron chi connectivity index (χ0n) is 12.3. The Morgan fingerprint density at radius 1 is 1.09 bits per heavy atom. The van der Waals surface area contributed by atoms with Gasteiger partial charge in [-0.05, 0) is 48.9 Å². The largest absolute Gasteiger partial charge is 0.484 e. The standard InChI is InChI=1S/C17H17F2NO2/c1-2-20(11-13-4-3-5-15(19)10-13)17(21)12-22-16-8-6-14(18)7-9-16/h3-10H,2,11-12H2,1H3. The maximum absolute atomic E-state index is 13.2. The second-order valence-corrected chi connectivity index (χ2v) is 4.78. The van der Waals surface area contributed by atoms with E-state index in [4.69, 9.17) is 4.74 Å². The van der Waals surface area contributed by atoms with Crippen LogP contribution in [0.2, 0.25) is 0 Å². The van der Waals surface area contributed by atoms with E-state index >= 15 is 0 Å². The van der Waals surface area contributed by atoms with E-state index in [0.29, 0.717) is 18.8 Å². The third-order valence-corrected chi connectivity index (χ3v) is 3.17. The number of nitrogens with zero attached hydrogens (tertiary/aromatic N) is 1. The first-order valence-corrected chi connectivity index (χ1v) is 6.99. The summed E-state index contributed by atoms with van der Waals surface area (Å²) < 4.78 is 31.3. The number of carbonyl (C=O) groups is 1. The Morgan fingerprint density at radius 3 is 2.45 bits per heavy atom. The molecular formula is C17H17F2NO2. The van der Waals surface area contributed by atoms with Crippen molar-refractivity contribution < 1.29 is 18.3 Å². The van der Waals surface area contributed by atoms with E-state index in [2.05, 4.69) is 0 Å². The lowest BCUT2D eigenvalue weighted by atomic mass is 10.2. The summed E-state index contributed by atoms with van der Waals surface area (Å²) in [7, 11) is 0. The van der Waals surface area contributed by atoms with E-state index in [9.17, 15) is 13.6 Å². The van der Waals surface area contributed by atoms with Gasteiger partial charge in [-0.25, -0.2) is 8.78 Å². The molecule has 0 spiro atoms. The number of benzene rings is 2. The van der Waals surface area contributed by atoms with Crippen LogP contribution in [-0.4, -0.2) is 24.0 Å². The van der Waals surface area contributed by atoms with Crippen LogP contribution in [0.5, 0.6) is 5.75 Å². The van der Waals surface area contributed by atoms with Crippen LogP contribution in [0.3, 0.4) is 0 Å². The smallest absolute Gasteiger partial charge is 0.260 e. The van der Waals surface area contributed by atoms with Crippen LogP contribution in [0.1, 0.15) is 12.5 Å². The predicted molar refractivity (Wildman–Crippen MR) is 79.4 cm³/mol. The number of ether oxygens (including phenoxy) is 1. The number of carbonyl (C=O) groups excluding carboxylic acids is 1. The lowest BCUT2D eigenvalue weighted by molar-refractivity contribution is -0.133. The minimum Gasteiger partial charge on any atom is -0.484 e. The van der Waals surface area contributed by atoms with Crippen molar-refractivity contribution in [2.75, 3.05) is 13.2 Å². The van der Waals surface area contributed by atoms with Gasteiger partial charge in [-0.15, -0.1) is 0 Å². The Bertz CT molecular complexity index is 629. The van der Waals surface area contributed by atoms with Gasteiger partial charge in [0.05, 0.1) is 0 Å². The van der Waals surface area contributed by atoms with Gasteiger partial charge in [0, 0.05) is 13.1 Å². The first-order chi connectivity index (χ1) is 10.6. The normalized spacial score (nSPS) is 10.3. The Morgan fingerprint density at radius 2 is 1.82 bits per heavy atom. The molecule has 0 unspecified atom stereocenters. The molecule has 0 atom stereocenters. The summed E-state index contributed by atoms with van der Waals surface area (Å²) in [5.41, 5.74) is 0.719. The summed E-state index contributed by atoms with van der Waals surface area (Å²) in [4.78, 5) is 13.7. The molecule has 0 heterocycles. The van der Waals surface area contributed by atoms with Gasteiger partial charge in [-0.2, -0.15) is 0 Å². The van der Waals surface area contributed by atoms with Gasteiger partial charge >= 0.3 is 0 Å². The lowest BCUT2D eigenvalue weighted by Gasteiger charge is -2.21. The first-order valence-electron chi connectivity index (χ1n) is 6.99. The van der Waals surface area contributed by atoms with Crippen molar-refractivity contribution in [3.05, 3.63) is 65.7 Å². The molecule has 0 saturated heterocycles. The van der Waals surface area contributed by atoms with E-state index < -0.39 is 0 Å². The molecule has 0 aliphatic carbocycles. The Hall–Kier alpha value is -2.43. The zero-order valence-corrected chi connectivity index (χ0v) is 12.3. The van der Waals surface area contributed by atoms with Crippen molar-refractivity contribution in [2.24, 2.45) is 0 Å². The van der Waals surface area contributed by atoms with E-state index in [1.165, 1.54) is 36.4 Å². The van der Waals surface area contributed by atoms with Crippen LogP contribution >= 0.6 is 0 Å². The van der Waals surface area contributed by atoms with Gasteiger partial charge in [-0.1, -0.05) is 12.1 Å². The molecule has 3 nitrogen and oxygen atoms in total. The number of hydrogen-bond donors (Lipinski definition) is 0. The van der Waals surface area contributed by atoms with Crippen LogP contribution < -0.4 is 4.74 Å². The quantitative estimate of drug-likeness (QED) is 0.818. The molecule has 2 rings (SSSR count). The molecule has 0 aromatic heterocycles. The fourth-order valence-electron chi connectivity index (χ4n) is 2.00. The second kappa shape index (κ2) is 7.54. The van der Waals surface area contributed by atoms with Crippen molar-refractivity contribution >= 4 is 5.91 Å². The first kappa shape index (κ1) is 15.9. The predicted octanol–water partition coefficient (Wildman–Crippen LogP) is 3.39. The topological polar surface area (TPSA) is 29.5 Å². The molecule has 0 N–H and O–H groups in total. The Kier molecular flexibility index (Phi) is 5.47. The molecule has 0 saturated carbocycles. The van der Waals surface area contributed by atoms with Gasteiger partial charge < -0.3 is 9.64 Å². The van der Waals surface area contributed by atoms with Gasteiger partial charge in [0.15, 0.2) is 6.61 Å². The summed E-state index contributed by atoms with van der Waals surface area (Å²) >= 11 is 0. The molecule has 0 aliphatic rings. The monoisotopic (exact) mass is 305 g/mol. The molecule has 2 aromatic carbocycles. The van der Waals surface area contributed by atoms with Crippen molar-refractivity contribution in [2.45, 2.75) is 13.5 Å². The fourth-order valence-corrected chi connectivity index (χ4v) is 2.00. The summed E-state index contributed by atoms with van der Waals surface area (Å²) in [6, 6.07) is 11.6. The van der Waals surface area contributed by atoms with Gasteiger partial charge in [-0.3, -0.25) is 4.79 Å². The van der Waals surface area contributed by atoms with Crippen molar-refractivity contribution in [1.82, 2.24) is 4.90 Å². The molecule has 0 aliphatic heterocycles. The summed E-state index contributed by atoms with van der Waals surface area (Å²) in [6.07, 6.45) is 0. The highest BCUT2D eigenvalue weighted by atomic mass is 19.1. The molecule has 2 aromatic rings. The second-order valence-electron chi connectivity index (χ2n) is 4.78. The van der Waals surface area contributed by atoms with Crippen molar-refractivity contribution in [3.63, 3.8) is 0 Å². The van der Waals surface area contributed by atoms with Crippen LogP contribution in [0, 0.1) is 11.6 Å². The van der Waals surface area contributed by atoms with E-state index in [0.717, 1.165) is 5.56 Å². The maximum Gasteiger partial charge on any atom is 0.260 e. The van der Waals surface area contributed by atoms with Gasteiger partial charge in [0.2, 0.25) is 0 Å². The highest BCUT2D eigenvalue weighted by molar-refractivity contribution is 5.77. The minimum absolute atomic E-state index is 0.144. The average Bonchev–Trinajstić information content (AvgIpc) is 2.52. The number of halogens is 2. The summed E-state index contributed by atoms with van der Waals surface area (Å²) in [5.74, 6) is -0.476. The molecule has 0 bridgehead atoms. The molecular weight excluding hydrogens is 288 g/mol. The molecule has 1 amide bonds. The summed E-state index contributed by atoms with van der Waals surface area (Å²) in [5, 5.41) is 0. The SMILES string of the molecule is CCN(Cc1cccc(F)c1)C(=O)COc1ccc(F)cc1. The number of hydrogen-bond acceptors (Lipinski definition) is 2. The Labute approximate surface area is 128 Å². The van der Waals surface area contributed by atoms with Crippen LogP contribution in [0.4, 0.5) is 8.78 Å². The van der Waals surface area contributed by atoms with Gasteiger partial charge in [0.1, 0.15) is 17.4 Å². The summed E-state index contributed by atoms with van der Waals surface area (Å²) in [6.45, 7) is 2.51. The van der Waals surface area contributed by atoms with Gasteiger partial charge in [0.25, 0.3) is 5.91 Å². The average molecular weight is 305 g/mol. The molecule has 5 heteroatoms. The van der Waals surface area contributed by atoms with Crippen molar-refractivity contribution in [3.8, 4) is 5.75 Å². The molecule has 116 valence electrons. The number of likely N-dealkylation sites (N-methyl/N-ethyl adjacent to an activating group) is 1. The number of amides is 1. The molecule has 0 radical (unpaired) electrons. The third kappa shape index (κ3) is 4.55. The minimum atomic E-state index is -0.361. The lowest BCUT2D eigenvalue weighted by Crippen LogP contribution is -2.34. The fraction of sp³-hybridized carbons (Fsp3) is 0.235. The van der Waals surface area contributed by atoms with Crippen LogP contribution in [-0.2, 0) is 11.3 Å². The highest BCUT2D eigenvalue weighted by Gasteiger charge is 2.13. The zero-order chi connectivity index (χ0) is 15.9. The maximum atomic E-state index is 13.2. The number of rotatable bonds is 6. The van der Waals surface area contributed by atoms with E-state index in [-0.39, 0.29) is 24.1 Å². The third-order valence-electron chi connectivity index (χ3n) is 3.17. The van der Waals surface area contributed by atoms with E-state index in [1.807, 2.05) is 6.92 Å². The van der Waals surface area contributed by atoms with Crippen LogP contribution in [0.25, 0.3) is 0 Å². The van der Waals surface area contributed by atoms with E-state index in [1.54, 1.807) is 17.0 Å². The molecule has 22 heavy (non-hydrogen) atoms. The van der Waals surface area contributed by atoms with Crippen molar-refractivity contribution in [1.29, 1.82) is 0 Å². The highest BCUT2D eigenvalue weighted by Crippen LogP contribution is 2.12.